The molecule has 0 saturated heterocycles. The highest BCUT2D eigenvalue weighted by molar-refractivity contribution is 7.19. The number of carboxylic acid groups (broad SMARTS) is 1. The quantitative estimate of drug-likeness (QED) is 0.752. The molecule has 5 nitrogen and oxygen atoms in total. The third-order valence-electron chi connectivity index (χ3n) is 4.08. The average molecular weight is 360 g/mol. The number of halogens is 1. The van der Waals surface area contributed by atoms with Crippen molar-refractivity contribution >= 4 is 27.5 Å². The molecular formula is C18H17FN2O3S. The lowest BCUT2D eigenvalue weighted by Crippen LogP contribution is -2.24. The van der Waals surface area contributed by atoms with Crippen LogP contribution in [0.4, 0.5) is 4.39 Å². The number of nitrogens with zero attached hydrogens (tertiary/aromatic N) is 2. The van der Waals surface area contributed by atoms with Crippen molar-refractivity contribution in [3.05, 3.63) is 51.1 Å². The standard InChI is InChI=1S/C18H17FN2O3S/c1-10-15(12-5-7-13(19)8-6-12)16-17(25-10)20-11(2)21(18(16)24)9-3-4-14(22)23/h5-8H,3-4,9H2,1-2H3,(H,22,23). The lowest BCUT2D eigenvalue weighted by molar-refractivity contribution is -0.137. The summed E-state index contributed by atoms with van der Waals surface area (Å²) in [5.74, 6) is -0.658. The molecule has 0 fully saturated rings. The van der Waals surface area contributed by atoms with Gasteiger partial charge in [-0.15, -0.1) is 11.3 Å². The second-order valence-corrected chi connectivity index (χ2v) is 7.04. The van der Waals surface area contributed by atoms with E-state index in [1.807, 2.05) is 6.92 Å². The fraction of sp³-hybridized carbons (Fsp3) is 0.278. The summed E-state index contributed by atoms with van der Waals surface area (Å²) < 4.78 is 14.7. The molecule has 0 saturated carbocycles. The number of hydrogen-bond acceptors (Lipinski definition) is 4. The zero-order valence-electron chi connectivity index (χ0n) is 13.9. The molecule has 0 atom stereocenters. The van der Waals surface area contributed by atoms with Crippen molar-refractivity contribution in [2.24, 2.45) is 0 Å². The molecule has 0 radical (unpaired) electrons. The van der Waals surface area contributed by atoms with E-state index in [9.17, 15) is 14.0 Å². The van der Waals surface area contributed by atoms with Gasteiger partial charge in [-0.25, -0.2) is 9.37 Å². The third kappa shape index (κ3) is 3.32. The number of carbonyl (C=O) groups is 1. The van der Waals surface area contributed by atoms with Crippen LogP contribution in [0.3, 0.4) is 0 Å². The van der Waals surface area contributed by atoms with Gasteiger partial charge in [0.1, 0.15) is 16.5 Å². The van der Waals surface area contributed by atoms with E-state index in [2.05, 4.69) is 4.98 Å². The second kappa shape index (κ2) is 6.76. The summed E-state index contributed by atoms with van der Waals surface area (Å²) in [6, 6.07) is 6.03. The number of rotatable bonds is 5. The Bertz CT molecular complexity index is 1010. The van der Waals surface area contributed by atoms with Gasteiger partial charge in [0.05, 0.1) is 5.39 Å². The van der Waals surface area contributed by atoms with Crippen LogP contribution in [0.1, 0.15) is 23.5 Å². The minimum atomic E-state index is -0.891. The van der Waals surface area contributed by atoms with Crippen molar-refractivity contribution in [3.63, 3.8) is 0 Å². The Morgan fingerprint density at radius 1 is 1.28 bits per heavy atom. The van der Waals surface area contributed by atoms with E-state index in [-0.39, 0.29) is 17.8 Å². The Kier molecular flexibility index (Phi) is 4.67. The summed E-state index contributed by atoms with van der Waals surface area (Å²) in [5, 5.41) is 9.30. The Hall–Kier alpha value is -2.54. The van der Waals surface area contributed by atoms with E-state index < -0.39 is 5.97 Å². The number of aryl methyl sites for hydroxylation is 2. The number of fused-ring (bicyclic) bond motifs is 1. The number of aromatic nitrogens is 2. The summed E-state index contributed by atoms with van der Waals surface area (Å²) in [5.41, 5.74) is 1.35. The molecule has 3 aromatic rings. The Morgan fingerprint density at radius 2 is 1.96 bits per heavy atom. The van der Waals surface area contributed by atoms with Crippen LogP contribution in [0, 0.1) is 19.7 Å². The molecule has 1 aromatic carbocycles. The summed E-state index contributed by atoms with van der Waals surface area (Å²) in [7, 11) is 0. The largest absolute Gasteiger partial charge is 0.481 e. The van der Waals surface area contributed by atoms with Crippen LogP contribution in [-0.4, -0.2) is 20.6 Å². The smallest absolute Gasteiger partial charge is 0.303 e. The minimum absolute atomic E-state index is 0.00258. The van der Waals surface area contributed by atoms with Crippen LogP contribution >= 0.6 is 11.3 Å². The lowest BCUT2D eigenvalue weighted by Gasteiger charge is -2.09. The second-order valence-electron chi connectivity index (χ2n) is 5.83. The third-order valence-corrected chi connectivity index (χ3v) is 5.08. The molecule has 2 heterocycles. The minimum Gasteiger partial charge on any atom is -0.481 e. The van der Waals surface area contributed by atoms with Crippen molar-refractivity contribution < 1.29 is 14.3 Å². The Balaban J connectivity index is 2.15. The maximum Gasteiger partial charge on any atom is 0.303 e. The van der Waals surface area contributed by atoms with Crippen molar-refractivity contribution in [1.82, 2.24) is 9.55 Å². The van der Waals surface area contributed by atoms with Crippen LogP contribution in [0.2, 0.25) is 0 Å². The lowest BCUT2D eigenvalue weighted by atomic mass is 10.0. The summed E-state index contributed by atoms with van der Waals surface area (Å²) in [6.45, 7) is 3.96. The molecule has 0 aliphatic heterocycles. The molecule has 2 aromatic heterocycles. The van der Waals surface area contributed by atoms with E-state index in [1.165, 1.54) is 28.0 Å². The SMILES string of the molecule is Cc1sc2nc(C)n(CCCC(=O)O)c(=O)c2c1-c1ccc(F)cc1. The molecule has 130 valence electrons. The molecule has 0 aliphatic carbocycles. The van der Waals surface area contributed by atoms with Gasteiger partial charge >= 0.3 is 5.97 Å². The van der Waals surface area contributed by atoms with Crippen molar-refractivity contribution in [2.75, 3.05) is 0 Å². The highest BCUT2D eigenvalue weighted by atomic mass is 32.1. The van der Waals surface area contributed by atoms with Gasteiger partial charge in [-0.2, -0.15) is 0 Å². The van der Waals surface area contributed by atoms with Crippen molar-refractivity contribution in [3.8, 4) is 11.1 Å². The zero-order chi connectivity index (χ0) is 18.1. The predicted molar refractivity (Wildman–Crippen MR) is 95.6 cm³/mol. The topological polar surface area (TPSA) is 72.2 Å². The first-order chi connectivity index (χ1) is 11.9. The molecule has 7 heteroatoms. The van der Waals surface area contributed by atoms with Crippen LogP contribution < -0.4 is 5.56 Å². The first kappa shape index (κ1) is 17.3. The number of benzene rings is 1. The van der Waals surface area contributed by atoms with Gasteiger partial charge in [-0.3, -0.25) is 14.2 Å². The van der Waals surface area contributed by atoms with E-state index in [0.717, 1.165) is 16.0 Å². The van der Waals surface area contributed by atoms with Gasteiger partial charge in [-0.1, -0.05) is 12.1 Å². The summed E-state index contributed by atoms with van der Waals surface area (Å²) in [6.07, 6.45) is 0.357. The molecule has 0 amide bonds. The van der Waals surface area contributed by atoms with Gasteiger partial charge in [0.25, 0.3) is 5.56 Å². The van der Waals surface area contributed by atoms with E-state index in [0.29, 0.717) is 29.0 Å². The number of thiophene rings is 1. The maximum absolute atomic E-state index is 13.2. The molecule has 0 spiro atoms. The molecule has 1 N–H and O–H groups in total. The number of aliphatic carboxylic acids is 1. The van der Waals surface area contributed by atoms with Crippen molar-refractivity contribution in [2.45, 2.75) is 33.2 Å². The van der Waals surface area contributed by atoms with Crippen LogP contribution in [-0.2, 0) is 11.3 Å². The van der Waals surface area contributed by atoms with Gasteiger partial charge < -0.3 is 5.11 Å². The Morgan fingerprint density at radius 3 is 2.60 bits per heavy atom. The molecule has 25 heavy (non-hydrogen) atoms. The summed E-state index contributed by atoms with van der Waals surface area (Å²) >= 11 is 1.43. The van der Waals surface area contributed by atoms with Crippen LogP contribution in [0.25, 0.3) is 21.3 Å². The van der Waals surface area contributed by atoms with E-state index in [1.54, 1.807) is 19.1 Å². The predicted octanol–water partition coefficient (Wildman–Crippen LogP) is 3.75. The highest BCUT2D eigenvalue weighted by Crippen LogP contribution is 2.35. The van der Waals surface area contributed by atoms with Crippen LogP contribution in [0.15, 0.2) is 29.1 Å². The molecule has 0 aliphatic rings. The van der Waals surface area contributed by atoms with Crippen molar-refractivity contribution in [1.29, 1.82) is 0 Å². The van der Waals surface area contributed by atoms with E-state index >= 15 is 0 Å². The first-order valence-corrected chi connectivity index (χ1v) is 8.68. The number of carboxylic acids is 1. The normalized spacial score (nSPS) is 11.2. The Labute approximate surface area is 147 Å². The van der Waals surface area contributed by atoms with Gasteiger partial charge in [0, 0.05) is 23.4 Å². The fourth-order valence-electron chi connectivity index (χ4n) is 2.91. The average Bonchev–Trinajstić information content (AvgIpc) is 2.87. The van der Waals surface area contributed by atoms with Gasteiger partial charge in [0.2, 0.25) is 0 Å². The van der Waals surface area contributed by atoms with Crippen LogP contribution in [0.5, 0.6) is 0 Å². The maximum atomic E-state index is 13.2. The highest BCUT2D eigenvalue weighted by Gasteiger charge is 2.18. The molecular weight excluding hydrogens is 343 g/mol. The summed E-state index contributed by atoms with van der Waals surface area (Å²) in [4.78, 5) is 29.8. The monoisotopic (exact) mass is 360 g/mol. The first-order valence-electron chi connectivity index (χ1n) is 7.86. The van der Waals surface area contributed by atoms with Gasteiger partial charge in [-0.05, 0) is 38.0 Å². The molecule has 0 unspecified atom stereocenters. The number of hydrogen-bond donors (Lipinski definition) is 1. The van der Waals surface area contributed by atoms with Gasteiger partial charge in [0.15, 0.2) is 0 Å². The molecule has 0 bridgehead atoms. The fourth-order valence-corrected chi connectivity index (χ4v) is 3.99. The van der Waals surface area contributed by atoms with E-state index in [4.69, 9.17) is 5.11 Å². The zero-order valence-corrected chi connectivity index (χ0v) is 14.7. The molecule has 3 rings (SSSR count).